The number of carbonyl (C=O) groups is 2. The van der Waals surface area contributed by atoms with Crippen LogP contribution in [0.1, 0.15) is 51.4 Å². The number of thiazole rings is 1. The average molecular weight is 445 g/mol. The number of aromatic nitrogens is 1. The molecule has 0 radical (unpaired) electrons. The molecule has 2 unspecified atom stereocenters. The molecule has 168 valence electrons. The van der Waals surface area contributed by atoms with E-state index in [1.54, 1.807) is 11.3 Å². The van der Waals surface area contributed by atoms with Gasteiger partial charge < -0.3 is 21.1 Å². The molecule has 0 spiro atoms. The first kappa shape index (κ1) is 23.4. The Balaban J connectivity index is 1.69. The summed E-state index contributed by atoms with van der Waals surface area (Å²) in [6.07, 6.45) is -0.519. The number of carbonyl (C=O) groups excluding carboxylic acids is 2. The van der Waals surface area contributed by atoms with Gasteiger partial charge in [-0.3, -0.25) is 9.59 Å². The summed E-state index contributed by atoms with van der Waals surface area (Å²) in [5.74, 6) is -0.581. The molecule has 2 heterocycles. The van der Waals surface area contributed by atoms with Gasteiger partial charge in [0, 0.05) is 13.0 Å². The molecule has 1 saturated heterocycles. The summed E-state index contributed by atoms with van der Waals surface area (Å²) in [5.41, 5.74) is 10.6. The zero-order valence-electron chi connectivity index (χ0n) is 18.8. The van der Waals surface area contributed by atoms with E-state index in [4.69, 9.17) is 5.73 Å². The largest absolute Gasteiger partial charge is 0.391 e. The molecule has 0 saturated carbocycles. The predicted octanol–water partition coefficient (Wildman–Crippen LogP) is 2.63. The summed E-state index contributed by atoms with van der Waals surface area (Å²) in [5, 5.41) is 13.1. The number of aliphatic hydroxyl groups is 1. The first-order chi connectivity index (χ1) is 14.5. The van der Waals surface area contributed by atoms with Gasteiger partial charge in [0.05, 0.1) is 34.3 Å². The smallest absolute Gasteiger partial charge is 0.243 e. The summed E-state index contributed by atoms with van der Waals surface area (Å²) in [7, 11) is 0. The fourth-order valence-corrected chi connectivity index (χ4v) is 4.56. The number of hydrogen-bond donors (Lipinski definition) is 3. The quantitative estimate of drug-likeness (QED) is 0.657. The van der Waals surface area contributed by atoms with Gasteiger partial charge in [-0.15, -0.1) is 11.3 Å². The van der Waals surface area contributed by atoms with Crippen molar-refractivity contribution in [2.24, 2.45) is 11.1 Å². The van der Waals surface area contributed by atoms with Gasteiger partial charge in [0.2, 0.25) is 11.8 Å². The molecule has 4 N–H and O–H groups in total. The normalized spacial score (nSPS) is 21.1. The zero-order valence-corrected chi connectivity index (χ0v) is 19.6. The van der Waals surface area contributed by atoms with Gasteiger partial charge in [0.25, 0.3) is 0 Å². The lowest BCUT2D eigenvalue weighted by Gasteiger charge is -2.32. The van der Waals surface area contributed by atoms with E-state index in [2.05, 4.69) is 10.3 Å². The van der Waals surface area contributed by atoms with Crippen LogP contribution in [0.5, 0.6) is 0 Å². The van der Waals surface area contributed by atoms with E-state index >= 15 is 0 Å². The van der Waals surface area contributed by atoms with Gasteiger partial charge in [0.15, 0.2) is 0 Å². The highest BCUT2D eigenvalue weighted by molar-refractivity contribution is 7.13. The van der Waals surface area contributed by atoms with Gasteiger partial charge in [-0.1, -0.05) is 45.0 Å². The van der Waals surface area contributed by atoms with Crippen LogP contribution in [0.4, 0.5) is 0 Å². The summed E-state index contributed by atoms with van der Waals surface area (Å²) < 4.78 is 0. The number of nitrogens with two attached hydrogens (primary N) is 1. The van der Waals surface area contributed by atoms with Gasteiger partial charge in [0.1, 0.15) is 6.04 Å². The van der Waals surface area contributed by atoms with E-state index < -0.39 is 23.6 Å². The van der Waals surface area contributed by atoms with Crippen molar-refractivity contribution in [2.45, 2.75) is 65.3 Å². The van der Waals surface area contributed by atoms with E-state index in [0.29, 0.717) is 0 Å². The highest BCUT2D eigenvalue weighted by Crippen LogP contribution is 2.29. The molecule has 31 heavy (non-hydrogen) atoms. The third-order valence-electron chi connectivity index (χ3n) is 5.84. The summed E-state index contributed by atoms with van der Waals surface area (Å²) in [4.78, 5) is 32.7. The van der Waals surface area contributed by atoms with Gasteiger partial charge >= 0.3 is 0 Å². The zero-order chi connectivity index (χ0) is 22.9. The second-order valence-corrected chi connectivity index (χ2v) is 10.2. The number of hydrogen-bond acceptors (Lipinski definition) is 6. The molecule has 0 bridgehead atoms. The van der Waals surface area contributed by atoms with Crippen molar-refractivity contribution in [3.63, 3.8) is 0 Å². The van der Waals surface area contributed by atoms with Crippen LogP contribution in [0.2, 0.25) is 0 Å². The number of amides is 2. The van der Waals surface area contributed by atoms with Crippen LogP contribution in [0.15, 0.2) is 29.8 Å². The Labute approximate surface area is 187 Å². The number of nitrogens with zero attached hydrogens (tertiary/aromatic N) is 2. The topological polar surface area (TPSA) is 109 Å². The third kappa shape index (κ3) is 5.14. The number of likely N-dealkylation sites (tertiary alicyclic amines) is 1. The van der Waals surface area contributed by atoms with Crippen molar-refractivity contribution < 1.29 is 14.7 Å². The fourth-order valence-electron chi connectivity index (χ4n) is 3.75. The molecule has 8 heteroatoms. The molecule has 1 aliphatic heterocycles. The minimum absolute atomic E-state index is 0.123. The number of β-amino-alcohol motifs (C(OH)–C–C–N with tert-alkyl or cyclic N) is 1. The molecule has 1 aliphatic rings. The van der Waals surface area contributed by atoms with Crippen LogP contribution in [0.3, 0.4) is 0 Å². The van der Waals surface area contributed by atoms with Crippen molar-refractivity contribution in [2.75, 3.05) is 6.54 Å². The maximum atomic E-state index is 13.0. The maximum absolute atomic E-state index is 13.0. The van der Waals surface area contributed by atoms with Gasteiger partial charge in [-0.05, 0) is 30.4 Å². The van der Waals surface area contributed by atoms with Crippen molar-refractivity contribution in [1.29, 1.82) is 0 Å². The van der Waals surface area contributed by atoms with Crippen molar-refractivity contribution in [3.8, 4) is 10.4 Å². The first-order valence-electron chi connectivity index (χ1n) is 10.5. The van der Waals surface area contributed by atoms with Crippen LogP contribution in [0, 0.1) is 12.3 Å². The van der Waals surface area contributed by atoms with Crippen LogP contribution in [0.25, 0.3) is 10.4 Å². The van der Waals surface area contributed by atoms with Crippen molar-refractivity contribution in [1.82, 2.24) is 15.2 Å². The molecule has 0 aliphatic carbocycles. The Hall–Kier alpha value is -2.29. The standard InChI is InChI=1S/C23H32N4O3S/c1-13(15-6-8-16(9-7-15)19-14(2)25-12-31-19)26-21(29)18-10-17(28)11-27(18)22(30)20(24)23(3,4)5/h6-9,12-13,17-18,20,28H,10-11,24H2,1-5H3,(H,26,29)/t13?,17-,18+,20?/m0/s1. The molecular formula is C23H32N4O3S. The SMILES string of the molecule is Cc1ncsc1-c1ccc(C(C)NC(=O)[C@H]2C[C@H](O)CN2C(=O)C(N)C(C)(C)C)cc1. The Bertz CT molecular complexity index is 935. The van der Waals surface area contributed by atoms with Crippen LogP contribution >= 0.6 is 11.3 Å². The molecule has 2 amide bonds. The minimum atomic E-state index is -0.742. The second-order valence-electron chi connectivity index (χ2n) is 9.36. The Kier molecular flexibility index (Phi) is 6.83. The number of benzene rings is 1. The Morgan fingerprint density at radius 2 is 1.94 bits per heavy atom. The van der Waals surface area contributed by atoms with Crippen LogP contribution in [-0.4, -0.2) is 51.5 Å². The second kappa shape index (κ2) is 9.06. The summed E-state index contributed by atoms with van der Waals surface area (Å²) in [6, 6.07) is 6.32. The lowest BCUT2D eigenvalue weighted by molar-refractivity contribution is -0.141. The van der Waals surface area contributed by atoms with E-state index in [0.717, 1.165) is 21.7 Å². The van der Waals surface area contributed by atoms with Gasteiger partial charge in [-0.25, -0.2) is 4.98 Å². The number of nitrogens with one attached hydrogen (secondary N) is 1. The molecule has 3 rings (SSSR count). The predicted molar refractivity (Wildman–Crippen MR) is 122 cm³/mol. The van der Waals surface area contributed by atoms with Gasteiger partial charge in [-0.2, -0.15) is 0 Å². The van der Waals surface area contributed by atoms with Crippen LogP contribution < -0.4 is 11.1 Å². The number of aliphatic hydroxyl groups excluding tert-OH is 1. The Morgan fingerprint density at radius 3 is 2.48 bits per heavy atom. The number of rotatable bonds is 5. The van der Waals surface area contributed by atoms with E-state index in [-0.39, 0.29) is 30.8 Å². The molecule has 1 fully saturated rings. The van der Waals surface area contributed by atoms with Crippen molar-refractivity contribution >= 4 is 23.2 Å². The summed E-state index contributed by atoms with van der Waals surface area (Å²) >= 11 is 1.60. The average Bonchev–Trinajstić information content (AvgIpc) is 3.31. The monoisotopic (exact) mass is 444 g/mol. The molecule has 7 nitrogen and oxygen atoms in total. The highest BCUT2D eigenvalue weighted by atomic mass is 32.1. The Morgan fingerprint density at radius 1 is 1.29 bits per heavy atom. The molecule has 4 atom stereocenters. The third-order valence-corrected chi connectivity index (χ3v) is 6.82. The van der Waals surface area contributed by atoms with Crippen LogP contribution in [-0.2, 0) is 9.59 Å². The van der Waals surface area contributed by atoms with E-state index in [1.165, 1.54) is 4.90 Å². The van der Waals surface area contributed by atoms with E-state index in [1.807, 2.05) is 64.4 Å². The molecule has 1 aromatic heterocycles. The van der Waals surface area contributed by atoms with Crippen molar-refractivity contribution in [3.05, 3.63) is 41.0 Å². The summed E-state index contributed by atoms with van der Waals surface area (Å²) in [6.45, 7) is 9.67. The number of aryl methyl sites for hydroxylation is 1. The first-order valence-corrected chi connectivity index (χ1v) is 11.4. The van der Waals surface area contributed by atoms with E-state index in [9.17, 15) is 14.7 Å². The molecular weight excluding hydrogens is 412 g/mol. The minimum Gasteiger partial charge on any atom is -0.391 e. The fraction of sp³-hybridized carbons (Fsp3) is 0.522. The lowest BCUT2D eigenvalue weighted by Crippen LogP contribution is -2.55. The molecule has 2 aromatic rings. The lowest BCUT2D eigenvalue weighted by atomic mass is 9.86. The molecule has 1 aromatic carbocycles. The highest BCUT2D eigenvalue weighted by Gasteiger charge is 2.42. The maximum Gasteiger partial charge on any atom is 0.243 e.